The van der Waals surface area contributed by atoms with Crippen LogP contribution in [0.3, 0.4) is 0 Å². The number of nitrogens with zero attached hydrogens (tertiary/aromatic N) is 1. The number of hydrogen-bond donors (Lipinski definition) is 1. The average Bonchev–Trinajstić information content (AvgIpc) is 2.32. The van der Waals surface area contributed by atoms with Crippen LogP contribution >= 0.6 is 0 Å². The molecule has 0 bridgehead atoms. The monoisotopic (exact) mass is 233 g/mol. The van der Waals surface area contributed by atoms with Crippen molar-refractivity contribution in [2.24, 2.45) is 0 Å². The van der Waals surface area contributed by atoms with Gasteiger partial charge < -0.3 is 14.7 Å². The number of ether oxygens (including phenoxy) is 1. The van der Waals surface area contributed by atoms with E-state index >= 15 is 0 Å². The molecule has 17 heavy (non-hydrogen) atoms. The first-order chi connectivity index (χ1) is 8.11. The van der Waals surface area contributed by atoms with Gasteiger partial charge in [-0.3, -0.25) is 4.79 Å². The minimum atomic E-state index is -0.0874. The molecule has 1 N–H and O–H groups in total. The number of carbonyl (C=O) groups excluding carboxylic acids is 1. The Balaban J connectivity index is 2.41. The van der Waals surface area contributed by atoms with Crippen LogP contribution in [0.2, 0.25) is 0 Å². The third-order valence-corrected chi connectivity index (χ3v) is 2.58. The van der Waals surface area contributed by atoms with Gasteiger partial charge >= 0.3 is 0 Å². The highest BCUT2D eigenvalue weighted by atomic mass is 16.5. The lowest BCUT2D eigenvalue weighted by molar-refractivity contribution is -0.121. The highest BCUT2D eigenvalue weighted by molar-refractivity contribution is 5.98. The van der Waals surface area contributed by atoms with E-state index in [1.165, 1.54) is 0 Å². The molecule has 1 heterocycles. The van der Waals surface area contributed by atoms with Crippen molar-refractivity contribution in [2.75, 3.05) is 18.1 Å². The molecule has 0 radical (unpaired) electrons. The summed E-state index contributed by atoms with van der Waals surface area (Å²) in [6, 6.07) is 5.33. The number of carbonyl (C=O) groups is 1. The molecule has 4 nitrogen and oxygen atoms in total. The van der Waals surface area contributed by atoms with Gasteiger partial charge in [0, 0.05) is 6.54 Å². The predicted octanol–water partition coefficient (Wildman–Crippen LogP) is 1.48. The third-order valence-electron chi connectivity index (χ3n) is 2.58. The summed E-state index contributed by atoms with van der Waals surface area (Å²) in [5, 5.41) is 9.11. The largest absolute Gasteiger partial charge is 0.482 e. The van der Waals surface area contributed by atoms with Gasteiger partial charge in [0.1, 0.15) is 5.75 Å². The molecule has 1 aromatic carbocycles. The van der Waals surface area contributed by atoms with E-state index in [1.54, 1.807) is 23.1 Å². The first-order valence-electron chi connectivity index (χ1n) is 5.43. The highest BCUT2D eigenvalue weighted by Crippen LogP contribution is 2.33. The number of amides is 1. The second-order valence-electron chi connectivity index (χ2n) is 4.19. The molecule has 1 aliphatic rings. The van der Waals surface area contributed by atoms with Crippen LogP contribution in [0.15, 0.2) is 30.4 Å². The van der Waals surface area contributed by atoms with Crippen LogP contribution in [-0.2, 0) is 11.4 Å². The smallest absolute Gasteiger partial charge is 0.265 e. The third kappa shape index (κ3) is 2.31. The maximum atomic E-state index is 11.8. The van der Waals surface area contributed by atoms with E-state index in [1.807, 2.05) is 6.92 Å². The van der Waals surface area contributed by atoms with E-state index in [9.17, 15) is 4.79 Å². The molecular weight excluding hydrogens is 218 g/mol. The molecule has 0 fully saturated rings. The highest BCUT2D eigenvalue weighted by Gasteiger charge is 2.25. The Morgan fingerprint density at radius 3 is 3.00 bits per heavy atom. The molecule has 0 aliphatic carbocycles. The normalized spacial score (nSPS) is 14.2. The van der Waals surface area contributed by atoms with Crippen LogP contribution in [0.1, 0.15) is 12.5 Å². The van der Waals surface area contributed by atoms with Crippen molar-refractivity contribution in [3.63, 3.8) is 0 Å². The van der Waals surface area contributed by atoms with E-state index in [-0.39, 0.29) is 19.1 Å². The van der Waals surface area contributed by atoms with Crippen LogP contribution in [0.4, 0.5) is 5.69 Å². The quantitative estimate of drug-likeness (QED) is 0.804. The van der Waals surface area contributed by atoms with Crippen molar-refractivity contribution in [1.29, 1.82) is 0 Å². The molecule has 0 unspecified atom stereocenters. The van der Waals surface area contributed by atoms with Crippen LogP contribution in [0, 0.1) is 0 Å². The minimum absolute atomic E-state index is 0.0532. The fourth-order valence-electron chi connectivity index (χ4n) is 1.79. The van der Waals surface area contributed by atoms with Gasteiger partial charge in [-0.25, -0.2) is 0 Å². The first kappa shape index (κ1) is 11.7. The molecule has 0 saturated carbocycles. The van der Waals surface area contributed by atoms with Crippen molar-refractivity contribution in [3.05, 3.63) is 35.9 Å². The van der Waals surface area contributed by atoms with Crippen LogP contribution in [-0.4, -0.2) is 24.2 Å². The summed E-state index contributed by atoms with van der Waals surface area (Å²) in [6.45, 7) is 6.17. The first-order valence-corrected chi connectivity index (χ1v) is 5.43. The summed E-state index contributed by atoms with van der Waals surface area (Å²) in [4.78, 5) is 13.4. The molecule has 0 saturated heterocycles. The van der Waals surface area contributed by atoms with E-state index in [0.717, 1.165) is 11.1 Å². The number of hydrogen-bond acceptors (Lipinski definition) is 3. The van der Waals surface area contributed by atoms with Crippen molar-refractivity contribution in [3.8, 4) is 5.75 Å². The fraction of sp³-hybridized carbons (Fsp3) is 0.308. The van der Waals surface area contributed by atoms with Gasteiger partial charge in [0.2, 0.25) is 0 Å². The Hall–Kier alpha value is -1.81. The number of aliphatic hydroxyl groups is 1. The summed E-state index contributed by atoms with van der Waals surface area (Å²) in [5.41, 5.74) is 2.37. The number of fused-ring (bicyclic) bond motifs is 1. The molecule has 2 rings (SSSR count). The summed E-state index contributed by atoms with van der Waals surface area (Å²) < 4.78 is 5.34. The molecule has 90 valence electrons. The lowest BCUT2D eigenvalue weighted by Crippen LogP contribution is -2.39. The Labute approximate surface area is 100 Å². The molecule has 0 atom stereocenters. The second kappa shape index (κ2) is 4.59. The van der Waals surface area contributed by atoms with Gasteiger partial charge in [-0.15, -0.1) is 0 Å². The van der Waals surface area contributed by atoms with Crippen LogP contribution < -0.4 is 9.64 Å². The number of aliphatic hydroxyl groups excluding tert-OH is 1. The number of rotatable bonds is 3. The average molecular weight is 233 g/mol. The van der Waals surface area contributed by atoms with Gasteiger partial charge in [0.05, 0.1) is 12.3 Å². The minimum Gasteiger partial charge on any atom is -0.482 e. The number of benzene rings is 1. The van der Waals surface area contributed by atoms with Crippen molar-refractivity contribution in [2.45, 2.75) is 13.5 Å². The van der Waals surface area contributed by atoms with Crippen LogP contribution in [0.5, 0.6) is 5.75 Å². The molecule has 1 aromatic rings. The lowest BCUT2D eigenvalue weighted by atomic mass is 10.1. The zero-order chi connectivity index (χ0) is 12.4. The van der Waals surface area contributed by atoms with Crippen LogP contribution in [0.25, 0.3) is 0 Å². The number of anilines is 1. The Morgan fingerprint density at radius 1 is 1.59 bits per heavy atom. The maximum absolute atomic E-state index is 11.8. The molecule has 1 amide bonds. The standard InChI is InChI=1S/C13H15NO3/c1-9(2)6-14-11-5-10(7-15)3-4-12(11)17-8-13(14)16/h3-5,15H,1,6-8H2,2H3. The zero-order valence-electron chi connectivity index (χ0n) is 9.77. The maximum Gasteiger partial charge on any atom is 0.265 e. The summed E-state index contributed by atoms with van der Waals surface area (Å²) in [6.07, 6.45) is 0. The molecule has 1 aliphatic heterocycles. The van der Waals surface area contributed by atoms with Gasteiger partial charge in [-0.05, 0) is 24.6 Å². The summed E-state index contributed by atoms with van der Waals surface area (Å²) in [7, 11) is 0. The van der Waals surface area contributed by atoms with E-state index < -0.39 is 0 Å². The molecule has 4 heteroatoms. The SMILES string of the molecule is C=C(C)CN1C(=O)COc2ccc(CO)cc21. The molecule has 0 aromatic heterocycles. The molecule has 0 spiro atoms. The van der Waals surface area contributed by atoms with Gasteiger partial charge in [0.15, 0.2) is 6.61 Å². The topological polar surface area (TPSA) is 49.8 Å². The van der Waals surface area contributed by atoms with Crippen molar-refractivity contribution >= 4 is 11.6 Å². The van der Waals surface area contributed by atoms with E-state index in [0.29, 0.717) is 18.0 Å². The Morgan fingerprint density at radius 2 is 2.35 bits per heavy atom. The Kier molecular flexibility index (Phi) is 3.15. The van der Waals surface area contributed by atoms with E-state index in [4.69, 9.17) is 9.84 Å². The summed E-state index contributed by atoms with van der Waals surface area (Å²) in [5.74, 6) is 0.582. The zero-order valence-corrected chi connectivity index (χ0v) is 9.77. The lowest BCUT2D eigenvalue weighted by Gasteiger charge is -2.29. The van der Waals surface area contributed by atoms with Gasteiger partial charge in [-0.2, -0.15) is 0 Å². The summed E-state index contributed by atoms with van der Waals surface area (Å²) >= 11 is 0. The Bertz CT molecular complexity index is 468. The second-order valence-corrected chi connectivity index (χ2v) is 4.19. The van der Waals surface area contributed by atoms with Gasteiger partial charge in [-0.1, -0.05) is 18.2 Å². The van der Waals surface area contributed by atoms with Gasteiger partial charge in [0.25, 0.3) is 5.91 Å². The molecular formula is C13H15NO3. The van der Waals surface area contributed by atoms with E-state index in [2.05, 4.69) is 6.58 Å². The van der Waals surface area contributed by atoms with Crippen molar-refractivity contribution < 1.29 is 14.6 Å². The fourth-order valence-corrected chi connectivity index (χ4v) is 1.79. The van der Waals surface area contributed by atoms with Crippen molar-refractivity contribution in [1.82, 2.24) is 0 Å². The predicted molar refractivity (Wildman–Crippen MR) is 65.0 cm³/mol.